The van der Waals surface area contributed by atoms with Gasteiger partial charge in [0.25, 0.3) is 5.91 Å². The van der Waals surface area contributed by atoms with Crippen molar-refractivity contribution in [1.82, 2.24) is 10.2 Å². The third-order valence-corrected chi connectivity index (χ3v) is 4.42. The number of carbonyl (C=O) groups is 1. The third-order valence-electron chi connectivity index (χ3n) is 4.42. The van der Waals surface area contributed by atoms with Crippen molar-refractivity contribution in [2.45, 2.75) is 19.4 Å². The van der Waals surface area contributed by atoms with Gasteiger partial charge in [0.2, 0.25) is 0 Å². The van der Waals surface area contributed by atoms with Gasteiger partial charge >= 0.3 is 0 Å². The van der Waals surface area contributed by atoms with Gasteiger partial charge in [0.05, 0.1) is 6.04 Å². The molecular weight excluding hydrogens is 272 g/mol. The summed E-state index contributed by atoms with van der Waals surface area (Å²) in [7, 11) is 0. The normalized spacial score (nSPS) is 17.8. The van der Waals surface area contributed by atoms with Crippen LogP contribution in [0.25, 0.3) is 0 Å². The van der Waals surface area contributed by atoms with E-state index in [0.29, 0.717) is 6.54 Å². The molecule has 0 radical (unpaired) electrons. The Bertz CT molecular complexity index is 639. The molecule has 22 heavy (non-hydrogen) atoms. The molecule has 0 fully saturated rings. The maximum absolute atomic E-state index is 12.3. The molecule has 1 amide bonds. The minimum absolute atomic E-state index is 0.000271. The molecule has 1 heterocycles. The summed E-state index contributed by atoms with van der Waals surface area (Å²) in [6, 6.07) is 18.3. The Balaban J connectivity index is 1.74. The number of carbonyl (C=O) groups excluding carboxylic acids is 1. The van der Waals surface area contributed by atoms with E-state index in [4.69, 9.17) is 0 Å². The highest BCUT2D eigenvalue weighted by Crippen LogP contribution is 2.28. The van der Waals surface area contributed by atoms with E-state index >= 15 is 0 Å². The number of benzene rings is 2. The van der Waals surface area contributed by atoms with Crippen molar-refractivity contribution in [2.75, 3.05) is 19.6 Å². The highest BCUT2D eigenvalue weighted by Gasteiger charge is 2.26. The Kier molecular flexibility index (Phi) is 4.54. The molecule has 1 N–H and O–H groups in total. The van der Waals surface area contributed by atoms with Crippen molar-refractivity contribution >= 4 is 5.91 Å². The molecule has 3 heteroatoms. The maximum atomic E-state index is 12.3. The van der Waals surface area contributed by atoms with Crippen LogP contribution in [0.3, 0.4) is 0 Å². The lowest BCUT2D eigenvalue weighted by Gasteiger charge is -2.36. The van der Waals surface area contributed by atoms with E-state index in [2.05, 4.69) is 41.4 Å². The monoisotopic (exact) mass is 294 g/mol. The van der Waals surface area contributed by atoms with Gasteiger partial charge in [-0.25, -0.2) is 0 Å². The molecule has 2 aromatic rings. The number of rotatable bonds is 4. The Hall–Kier alpha value is -2.13. The summed E-state index contributed by atoms with van der Waals surface area (Å²) in [6.07, 6.45) is 1.09. The molecule has 0 spiro atoms. The summed E-state index contributed by atoms with van der Waals surface area (Å²) in [5.41, 5.74) is 3.48. The van der Waals surface area contributed by atoms with E-state index in [0.717, 1.165) is 25.1 Å². The van der Waals surface area contributed by atoms with E-state index in [9.17, 15) is 4.79 Å². The number of hydrogen-bond acceptors (Lipinski definition) is 2. The van der Waals surface area contributed by atoms with Gasteiger partial charge in [-0.2, -0.15) is 0 Å². The number of hydrogen-bond donors (Lipinski definition) is 1. The first-order valence-corrected chi connectivity index (χ1v) is 7.94. The minimum atomic E-state index is -0.000271. The lowest BCUT2D eigenvalue weighted by molar-refractivity contribution is 0.0930. The Morgan fingerprint density at radius 1 is 1.14 bits per heavy atom. The Labute approximate surface area is 132 Å². The molecule has 1 unspecified atom stereocenters. The fraction of sp³-hybridized carbons (Fsp3) is 0.316. The lowest BCUT2D eigenvalue weighted by Crippen LogP contribution is -2.42. The largest absolute Gasteiger partial charge is 0.350 e. The fourth-order valence-electron chi connectivity index (χ4n) is 3.20. The Morgan fingerprint density at radius 2 is 1.86 bits per heavy atom. The molecule has 0 saturated heterocycles. The van der Waals surface area contributed by atoms with Gasteiger partial charge < -0.3 is 5.32 Å². The average Bonchev–Trinajstić information content (AvgIpc) is 2.60. The van der Waals surface area contributed by atoms with Crippen molar-refractivity contribution in [3.05, 3.63) is 71.3 Å². The predicted octanol–water partition coefficient (Wildman–Crippen LogP) is 3.04. The zero-order valence-electron chi connectivity index (χ0n) is 13.0. The average molecular weight is 294 g/mol. The molecular formula is C19H22N2O. The molecule has 114 valence electrons. The van der Waals surface area contributed by atoms with Crippen molar-refractivity contribution in [3.63, 3.8) is 0 Å². The van der Waals surface area contributed by atoms with E-state index < -0.39 is 0 Å². The summed E-state index contributed by atoms with van der Waals surface area (Å²) in [5.74, 6) is -0.000271. The maximum Gasteiger partial charge on any atom is 0.251 e. The number of amides is 1. The van der Waals surface area contributed by atoms with Crippen LogP contribution in [-0.4, -0.2) is 30.4 Å². The molecule has 0 bridgehead atoms. The minimum Gasteiger partial charge on any atom is -0.350 e. The van der Waals surface area contributed by atoms with Gasteiger partial charge in [-0.3, -0.25) is 9.69 Å². The molecule has 0 aliphatic carbocycles. The first-order chi connectivity index (χ1) is 10.8. The van der Waals surface area contributed by atoms with Gasteiger partial charge in [-0.05, 0) is 36.2 Å². The van der Waals surface area contributed by atoms with Crippen LogP contribution in [0.4, 0.5) is 0 Å². The van der Waals surface area contributed by atoms with Crippen molar-refractivity contribution in [2.24, 2.45) is 0 Å². The highest BCUT2D eigenvalue weighted by molar-refractivity contribution is 5.94. The summed E-state index contributed by atoms with van der Waals surface area (Å²) >= 11 is 0. The summed E-state index contributed by atoms with van der Waals surface area (Å²) in [5, 5.41) is 3.09. The van der Waals surface area contributed by atoms with Gasteiger partial charge in [0.1, 0.15) is 0 Å². The van der Waals surface area contributed by atoms with Crippen LogP contribution < -0.4 is 5.32 Å². The van der Waals surface area contributed by atoms with Crippen LogP contribution in [-0.2, 0) is 6.42 Å². The van der Waals surface area contributed by atoms with Crippen molar-refractivity contribution < 1.29 is 4.79 Å². The summed E-state index contributed by atoms with van der Waals surface area (Å²) < 4.78 is 0. The van der Waals surface area contributed by atoms with Crippen LogP contribution in [0.15, 0.2) is 54.6 Å². The van der Waals surface area contributed by atoms with Gasteiger partial charge in [0.15, 0.2) is 0 Å². The van der Waals surface area contributed by atoms with E-state index in [1.54, 1.807) is 0 Å². The molecule has 0 aromatic heterocycles. The first kappa shape index (κ1) is 14.8. The van der Waals surface area contributed by atoms with E-state index in [-0.39, 0.29) is 11.9 Å². The van der Waals surface area contributed by atoms with Crippen LogP contribution in [0, 0.1) is 0 Å². The predicted molar refractivity (Wildman–Crippen MR) is 88.9 cm³/mol. The molecule has 1 aliphatic heterocycles. The molecule has 3 nitrogen and oxygen atoms in total. The lowest BCUT2D eigenvalue weighted by atomic mass is 9.92. The molecule has 2 aromatic carbocycles. The standard InChI is InChI=1S/C19H22N2O/c1-2-21-13-12-15-8-6-7-11-17(15)18(21)14-20-19(22)16-9-4-3-5-10-16/h3-11,18H,2,12-14H2,1H3,(H,20,22). The van der Waals surface area contributed by atoms with Gasteiger partial charge in [0, 0.05) is 18.7 Å². The second-order valence-electron chi connectivity index (χ2n) is 5.67. The number of nitrogens with zero attached hydrogens (tertiary/aromatic N) is 1. The fourth-order valence-corrected chi connectivity index (χ4v) is 3.20. The quantitative estimate of drug-likeness (QED) is 0.940. The molecule has 3 rings (SSSR count). The first-order valence-electron chi connectivity index (χ1n) is 7.94. The van der Waals surface area contributed by atoms with Crippen LogP contribution in [0.2, 0.25) is 0 Å². The van der Waals surface area contributed by atoms with E-state index in [1.807, 2.05) is 30.3 Å². The van der Waals surface area contributed by atoms with E-state index in [1.165, 1.54) is 11.1 Å². The van der Waals surface area contributed by atoms with Gasteiger partial charge in [-0.15, -0.1) is 0 Å². The molecule has 1 aliphatic rings. The van der Waals surface area contributed by atoms with Crippen molar-refractivity contribution in [3.8, 4) is 0 Å². The third kappa shape index (κ3) is 3.04. The molecule has 1 atom stereocenters. The second-order valence-corrected chi connectivity index (χ2v) is 5.67. The van der Waals surface area contributed by atoms with Crippen LogP contribution >= 0.6 is 0 Å². The highest BCUT2D eigenvalue weighted by atomic mass is 16.1. The zero-order chi connectivity index (χ0) is 15.4. The topological polar surface area (TPSA) is 32.3 Å². The van der Waals surface area contributed by atoms with Gasteiger partial charge in [-0.1, -0.05) is 49.4 Å². The van der Waals surface area contributed by atoms with Crippen molar-refractivity contribution in [1.29, 1.82) is 0 Å². The smallest absolute Gasteiger partial charge is 0.251 e. The Morgan fingerprint density at radius 3 is 2.64 bits per heavy atom. The SMILES string of the molecule is CCN1CCc2ccccc2C1CNC(=O)c1ccccc1. The van der Waals surface area contributed by atoms with Crippen LogP contribution in [0.5, 0.6) is 0 Å². The number of nitrogens with one attached hydrogen (secondary N) is 1. The summed E-state index contributed by atoms with van der Waals surface area (Å²) in [6.45, 7) is 4.89. The zero-order valence-corrected chi connectivity index (χ0v) is 13.0. The van der Waals surface area contributed by atoms with Crippen LogP contribution in [0.1, 0.15) is 34.5 Å². The molecule has 0 saturated carbocycles. The second kappa shape index (κ2) is 6.75. The summed E-state index contributed by atoms with van der Waals surface area (Å²) in [4.78, 5) is 14.7. The number of fused-ring (bicyclic) bond motifs is 1. The number of likely N-dealkylation sites (N-methyl/N-ethyl adjacent to an activating group) is 1.